The third-order valence-electron chi connectivity index (χ3n) is 5.23. The molecule has 210 valence electrons. The van der Waals surface area contributed by atoms with Gasteiger partial charge in [0.15, 0.2) is 6.10 Å². The first kappa shape index (κ1) is 30.7. The molecule has 0 aliphatic carbocycles. The van der Waals surface area contributed by atoms with Gasteiger partial charge in [-0.1, -0.05) is 12.1 Å². The number of rotatable bonds is 16. The second-order valence-corrected chi connectivity index (χ2v) is 8.15. The average molecular weight is 543 g/mol. The van der Waals surface area contributed by atoms with Crippen LogP contribution in [0.1, 0.15) is 18.9 Å². The molecule has 0 saturated heterocycles. The summed E-state index contributed by atoms with van der Waals surface area (Å²) >= 11 is 0. The van der Waals surface area contributed by atoms with E-state index in [1.807, 2.05) is 0 Å². The van der Waals surface area contributed by atoms with E-state index in [1.165, 1.54) is 12.0 Å². The Morgan fingerprint density at radius 3 is 2.24 bits per heavy atom. The molecule has 0 bridgehead atoms. The van der Waals surface area contributed by atoms with Crippen molar-refractivity contribution >= 4 is 17.7 Å². The van der Waals surface area contributed by atoms with Crippen LogP contribution in [0.15, 0.2) is 48.5 Å². The number of hydrogen-bond acceptors (Lipinski definition) is 6. The summed E-state index contributed by atoms with van der Waals surface area (Å²) in [6, 6.07) is 13.1. The number of alkyl halides is 3. The maximum absolute atomic E-state index is 12.8. The van der Waals surface area contributed by atoms with Crippen molar-refractivity contribution in [1.29, 1.82) is 0 Å². The highest BCUT2D eigenvalue weighted by Gasteiger charge is 2.27. The molecule has 2 aromatic carbocycles. The van der Waals surface area contributed by atoms with Crippen molar-refractivity contribution in [3.63, 3.8) is 0 Å². The number of amides is 2. The molecule has 0 spiro atoms. The molecule has 1 unspecified atom stereocenters. The van der Waals surface area contributed by atoms with Crippen LogP contribution in [0.3, 0.4) is 0 Å². The first-order chi connectivity index (χ1) is 18.1. The lowest BCUT2D eigenvalue weighted by Crippen LogP contribution is -2.39. The molecule has 2 rings (SSSR count). The van der Waals surface area contributed by atoms with Gasteiger partial charge in [-0.25, -0.2) is 9.59 Å². The van der Waals surface area contributed by atoms with E-state index in [-0.39, 0.29) is 45.8 Å². The van der Waals surface area contributed by atoms with E-state index >= 15 is 0 Å². The van der Waals surface area contributed by atoms with Crippen LogP contribution < -0.4 is 14.8 Å². The number of benzene rings is 2. The summed E-state index contributed by atoms with van der Waals surface area (Å²) in [4.78, 5) is 25.5. The van der Waals surface area contributed by atoms with Gasteiger partial charge in [-0.05, 0) is 55.3 Å². The van der Waals surface area contributed by atoms with Gasteiger partial charge in [0, 0.05) is 31.9 Å². The van der Waals surface area contributed by atoms with Crippen molar-refractivity contribution in [2.45, 2.75) is 32.0 Å². The number of carbonyl (C=O) groups excluding carboxylic acids is 1. The van der Waals surface area contributed by atoms with Crippen molar-refractivity contribution < 1.29 is 46.8 Å². The Morgan fingerprint density at radius 2 is 1.66 bits per heavy atom. The third kappa shape index (κ3) is 11.7. The minimum Gasteiger partial charge on any atom is -0.497 e. The lowest BCUT2D eigenvalue weighted by Gasteiger charge is -2.23. The number of aliphatic carboxylic acids is 1. The Morgan fingerprint density at radius 1 is 1.00 bits per heavy atom. The van der Waals surface area contributed by atoms with Gasteiger partial charge in [0.05, 0.1) is 13.7 Å². The van der Waals surface area contributed by atoms with Crippen LogP contribution in [0, 0.1) is 0 Å². The number of carboxylic acids is 1. The lowest BCUT2D eigenvalue weighted by molar-refractivity contribution is -0.174. The van der Waals surface area contributed by atoms with Gasteiger partial charge < -0.3 is 34.3 Å². The molecule has 0 aliphatic heterocycles. The van der Waals surface area contributed by atoms with Gasteiger partial charge in [-0.2, -0.15) is 13.2 Å². The number of hydrogen-bond donors (Lipinski definition) is 2. The average Bonchev–Trinajstić information content (AvgIpc) is 2.87. The zero-order valence-electron chi connectivity index (χ0n) is 21.3. The predicted octanol–water partition coefficient (Wildman–Crippen LogP) is 4.61. The largest absolute Gasteiger partial charge is 0.497 e. The zero-order chi connectivity index (χ0) is 28.0. The summed E-state index contributed by atoms with van der Waals surface area (Å²) in [5.41, 5.74) is 1.29. The first-order valence-corrected chi connectivity index (χ1v) is 12.0. The third-order valence-corrected chi connectivity index (χ3v) is 5.23. The van der Waals surface area contributed by atoms with Crippen molar-refractivity contribution in [2.24, 2.45) is 0 Å². The highest BCUT2D eigenvalue weighted by Crippen LogP contribution is 2.17. The standard InChI is InChI=1S/C26H33F3N2O7/c1-3-37-23(24(32)33)17-19-5-9-22(10-6-19)38-16-14-31(13-4-15-36-18-26(27,28)29)25(34)30-20-7-11-21(35-2)12-8-20/h5-12,23H,3-4,13-18H2,1-2H3,(H,30,34)(H,32,33). The molecule has 0 aliphatic rings. The molecule has 1 atom stereocenters. The number of carboxylic acid groups (broad SMARTS) is 1. The fraction of sp³-hybridized carbons (Fsp3) is 0.462. The minimum atomic E-state index is -4.41. The Labute approximate surface area is 219 Å². The summed E-state index contributed by atoms with van der Waals surface area (Å²) in [5, 5.41) is 12.0. The zero-order valence-corrected chi connectivity index (χ0v) is 21.3. The van der Waals surface area contributed by atoms with Crippen molar-refractivity contribution in [2.75, 3.05) is 51.9 Å². The highest BCUT2D eigenvalue weighted by molar-refractivity contribution is 5.89. The van der Waals surface area contributed by atoms with Gasteiger partial charge in [0.25, 0.3) is 0 Å². The topological polar surface area (TPSA) is 107 Å². The molecule has 12 heteroatoms. The monoisotopic (exact) mass is 542 g/mol. The van der Waals surface area contributed by atoms with Crippen LogP contribution in [0.2, 0.25) is 0 Å². The van der Waals surface area contributed by atoms with Gasteiger partial charge in [-0.15, -0.1) is 0 Å². The molecule has 0 radical (unpaired) electrons. The van der Waals surface area contributed by atoms with Crippen molar-refractivity contribution in [3.05, 3.63) is 54.1 Å². The smallest absolute Gasteiger partial charge is 0.411 e. The summed E-state index contributed by atoms with van der Waals surface area (Å²) in [7, 11) is 1.53. The molecule has 0 heterocycles. The van der Waals surface area contributed by atoms with Gasteiger partial charge >= 0.3 is 18.2 Å². The van der Waals surface area contributed by atoms with Crippen LogP contribution in [0.4, 0.5) is 23.7 Å². The number of ether oxygens (including phenoxy) is 4. The normalized spacial score (nSPS) is 12.0. The fourth-order valence-electron chi connectivity index (χ4n) is 3.37. The summed E-state index contributed by atoms with van der Waals surface area (Å²) in [5.74, 6) is 0.0995. The lowest BCUT2D eigenvalue weighted by atomic mass is 10.1. The van der Waals surface area contributed by atoms with Crippen LogP contribution >= 0.6 is 0 Å². The second kappa shape index (κ2) is 15.7. The Bertz CT molecular complexity index is 986. The van der Waals surface area contributed by atoms with E-state index < -0.39 is 30.9 Å². The van der Waals surface area contributed by atoms with E-state index in [0.29, 0.717) is 17.2 Å². The molecular weight excluding hydrogens is 509 g/mol. The molecule has 38 heavy (non-hydrogen) atoms. The quantitative estimate of drug-likeness (QED) is 0.299. The number of nitrogens with zero attached hydrogens (tertiary/aromatic N) is 1. The van der Waals surface area contributed by atoms with Crippen LogP contribution in [0.25, 0.3) is 0 Å². The SMILES string of the molecule is CCOC(Cc1ccc(OCCN(CCCOCC(F)(F)F)C(=O)Nc2ccc(OC)cc2)cc1)C(=O)O. The minimum absolute atomic E-state index is 0.121. The first-order valence-electron chi connectivity index (χ1n) is 12.0. The molecule has 0 saturated carbocycles. The predicted molar refractivity (Wildman–Crippen MR) is 134 cm³/mol. The van der Waals surface area contributed by atoms with E-state index in [2.05, 4.69) is 10.1 Å². The van der Waals surface area contributed by atoms with Crippen molar-refractivity contribution in [3.8, 4) is 11.5 Å². The van der Waals surface area contributed by atoms with Crippen LogP contribution in [-0.4, -0.2) is 80.9 Å². The molecule has 0 fully saturated rings. The van der Waals surface area contributed by atoms with E-state index in [0.717, 1.165) is 5.56 Å². The van der Waals surface area contributed by atoms with E-state index in [1.54, 1.807) is 55.5 Å². The maximum atomic E-state index is 12.8. The molecule has 9 nitrogen and oxygen atoms in total. The molecule has 2 N–H and O–H groups in total. The van der Waals surface area contributed by atoms with Gasteiger partial charge in [-0.3, -0.25) is 0 Å². The van der Waals surface area contributed by atoms with Crippen molar-refractivity contribution in [1.82, 2.24) is 4.90 Å². The molecule has 2 aromatic rings. The molecular formula is C26H33F3N2O7. The van der Waals surface area contributed by atoms with E-state index in [4.69, 9.17) is 14.2 Å². The summed E-state index contributed by atoms with van der Waals surface area (Å²) in [6.45, 7) is 0.938. The molecule has 0 aromatic heterocycles. The number of halogens is 3. The fourth-order valence-corrected chi connectivity index (χ4v) is 3.37. The van der Waals surface area contributed by atoms with Gasteiger partial charge in [0.1, 0.15) is 24.7 Å². The number of nitrogens with one attached hydrogen (secondary N) is 1. The number of carbonyl (C=O) groups is 2. The van der Waals surface area contributed by atoms with Gasteiger partial charge in [0.2, 0.25) is 0 Å². The molecule has 2 amide bonds. The number of anilines is 1. The Balaban J connectivity index is 1.92. The van der Waals surface area contributed by atoms with E-state index in [9.17, 15) is 27.9 Å². The summed E-state index contributed by atoms with van der Waals surface area (Å²) in [6.07, 6.45) is -4.94. The second-order valence-electron chi connectivity index (χ2n) is 8.15. The summed E-state index contributed by atoms with van der Waals surface area (Å²) < 4.78 is 57.6. The van der Waals surface area contributed by atoms with Crippen LogP contribution in [0.5, 0.6) is 11.5 Å². The number of urea groups is 1. The Kier molecular flexibility index (Phi) is 12.7. The Hall–Kier alpha value is -3.51. The van der Waals surface area contributed by atoms with Crippen LogP contribution in [-0.2, 0) is 20.7 Å². The highest BCUT2D eigenvalue weighted by atomic mass is 19.4. The number of methoxy groups -OCH3 is 1. The maximum Gasteiger partial charge on any atom is 0.411 e.